The normalized spacial score (nSPS) is 10.3. The van der Waals surface area contributed by atoms with Crippen molar-refractivity contribution in [3.05, 3.63) is 103 Å². The number of halogens is 1. The lowest BCUT2D eigenvalue weighted by atomic mass is 9.98. The van der Waals surface area contributed by atoms with Crippen LogP contribution in [0.3, 0.4) is 0 Å². The molecule has 0 unspecified atom stereocenters. The first-order valence-corrected chi connectivity index (χ1v) is 10.2. The van der Waals surface area contributed by atoms with Crippen LogP contribution in [0.4, 0.5) is 4.39 Å². The number of hydrogen-bond donors (Lipinski definition) is 1. The molecular formula is C27H24FNO3. The molecule has 0 radical (unpaired) electrons. The summed E-state index contributed by atoms with van der Waals surface area (Å²) in [6.45, 7) is 7.19. The average Bonchev–Trinajstić information content (AvgIpc) is 2.82. The summed E-state index contributed by atoms with van der Waals surface area (Å²) < 4.78 is 25.1. The van der Waals surface area contributed by atoms with Crippen LogP contribution in [-0.4, -0.2) is 18.5 Å². The standard InChI is InChI=1S/C27H24FNO3/c1-3-26(29)32-23-14-11-21(12-15-23)24-16-13-22(18-25(24)28)20-9-7-19(8-10-20)6-5-17-31-27(30)4-2/h3-4,7-16,18,29H,1-2,5-6,17H2. The van der Waals surface area contributed by atoms with Crippen LogP contribution in [0.2, 0.25) is 0 Å². The topological polar surface area (TPSA) is 59.4 Å². The number of rotatable bonds is 9. The van der Waals surface area contributed by atoms with Crippen molar-refractivity contribution in [1.82, 2.24) is 0 Å². The van der Waals surface area contributed by atoms with E-state index in [1.807, 2.05) is 30.3 Å². The summed E-state index contributed by atoms with van der Waals surface area (Å²) in [6, 6.07) is 20.0. The fraction of sp³-hybridized carbons (Fsp3) is 0.111. The van der Waals surface area contributed by atoms with Gasteiger partial charge >= 0.3 is 5.97 Å². The third kappa shape index (κ3) is 6.01. The number of benzene rings is 3. The molecular weight excluding hydrogens is 405 g/mol. The summed E-state index contributed by atoms with van der Waals surface area (Å²) in [5, 5.41) is 7.49. The Balaban J connectivity index is 1.65. The Morgan fingerprint density at radius 1 is 0.906 bits per heavy atom. The van der Waals surface area contributed by atoms with Gasteiger partial charge in [0.1, 0.15) is 11.6 Å². The van der Waals surface area contributed by atoms with Gasteiger partial charge in [-0.3, -0.25) is 5.41 Å². The van der Waals surface area contributed by atoms with Crippen molar-refractivity contribution < 1.29 is 18.7 Å². The van der Waals surface area contributed by atoms with E-state index in [2.05, 4.69) is 13.2 Å². The zero-order chi connectivity index (χ0) is 22.9. The first-order chi connectivity index (χ1) is 15.5. The molecule has 0 saturated carbocycles. The first-order valence-electron chi connectivity index (χ1n) is 10.2. The van der Waals surface area contributed by atoms with Gasteiger partial charge in [-0.2, -0.15) is 0 Å². The zero-order valence-corrected chi connectivity index (χ0v) is 17.6. The first kappa shape index (κ1) is 22.7. The van der Waals surface area contributed by atoms with E-state index in [1.165, 1.54) is 12.1 Å². The molecule has 32 heavy (non-hydrogen) atoms. The van der Waals surface area contributed by atoms with E-state index in [-0.39, 0.29) is 11.7 Å². The summed E-state index contributed by atoms with van der Waals surface area (Å²) in [7, 11) is 0. The fourth-order valence-electron chi connectivity index (χ4n) is 3.17. The van der Waals surface area contributed by atoms with Crippen molar-refractivity contribution in [3.8, 4) is 28.0 Å². The van der Waals surface area contributed by atoms with Gasteiger partial charge in [0.25, 0.3) is 0 Å². The molecule has 3 aromatic rings. The van der Waals surface area contributed by atoms with E-state index in [0.717, 1.165) is 41.2 Å². The van der Waals surface area contributed by atoms with Crippen LogP contribution in [0.1, 0.15) is 12.0 Å². The van der Waals surface area contributed by atoms with Gasteiger partial charge < -0.3 is 9.47 Å². The van der Waals surface area contributed by atoms with Gasteiger partial charge in [0.2, 0.25) is 5.90 Å². The quantitative estimate of drug-likeness (QED) is 0.141. The van der Waals surface area contributed by atoms with Crippen molar-refractivity contribution in [2.75, 3.05) is 6.61 Å². The summed E-state index contributed by atoms with van der Waals surface area (Å²) in [5.74, 6) is -0.281. The molecule has 1 N–H and O–H groups in total. The van der Waals surface area contributed by atoms with Gasteiger partial charge in [-0.15, -0.1) is 0 Å². The molecule has 0 saturated heterocycles. The molecule has 0 atom stereocenters. The summed E-state index contributed by atoms with van der Waals surface area (Å²) in [4.78, 5) is 11.0. The smallest absolute Gasteiger partial charge is 0.330 e. The number of esters is 1. The van der Waals surface area contributed by atoms with Gasteiger partial charge in [0.05, 0.1) is 6.61 Å². The van der Waals surface area contributed by atoms with Crippen molar-refractivity contribution in [2.45, 2.75) is 12.8 Å². The molecule has 4 nitrogen and oxygen atoms in total. The predicted molar refractivity (Wildman–Crippen MR) is 125 cm³/mol. The van der Waals surface area contributed by atoms with Crippen LogP contribution in [0.25, 0.3) is 22.3 Å². The molecule has 0 aromatic heterocycles. The Kier molecular flexibility index (Phi) is 7.70. The van der Waals surface area contributed by atoms with E-state index >= 15 is 0 Å². The maximum Gasteiger partial charge on any atom is 0.330 e. The second-order valence-corrected chi connectivity index (χ2v) is 7.06. The Morgan fingerprint density at radius 3 is 2.19 bits per heavy atom. The maximum atomic E-state index is 14.8. The van der Waals surface area contributed by atoms with Crippen LogP contribution < -0.4 is 4.74 Å². The second kappa shape index (κ2) is 10.9. The largest absolute Gasteiger partial charge is 0.463 e. The number of carbonyl (C=O) groups is 1. The van der Waals surface area contributed by atoms with E-state index in [4.69, 9.17) is 14.9 Å². The van der Waals surface area contributed by atoms with Crippen LogP contribution in [0.5, 0.6) is 5.75 Å². The highest BCUT2D eigenvalue weighted by Crippen LogP contribution is 2.29. The lowest BCUT2D eigenvalue weighted by Crippen LogP contribution is -2.02. The maximum absolute atomic E-state index is 14.8. The van der Waals surface area contributed by atoms with Gasteiger partial charge in [0, 0.05) is 11.6 Å². The van der Waals surface area contributed by atoms with Crippen LogP contribution >= 0.6 is 0 Å². The number of aryl methyl sites for hydroxylation is 1. The highest BCUT2D eigenvalue weighted by molar-refractivity contribution is 5.86. The molecule has 5 heteroatoms. The molecule has 0 fully saturated rings. The molecule has 0 heterocycles. The third-order valence-electron chi connectivity index (χ3n) is 4.86. The Labute approximate surface area is 187 Å². The second-order valence-electron chi connectivity index (χ2n) is 7.06. The van der Waals surface area contributed by atoms with Crippen molar-refractivity contribution in [1.29, 1.82) is 5.41 Å². The minimum Gasteiger partial charge on any atom is -0.463 e. The van der Waals surface area contributed by atoms with Gasteiger partial charge in [0.15, 0.2) is 0 Å². The molecule has 162 valence electrons. The van der Waals surface area contributed by atoms with Crippen LogP contribution in [0, 0.1) is 11.2 Å². The minimum atomic E-state index is -0.414. The molecule has 0 aliphatic heterocycles. The van der Waals surface area contributed by atoms with E-state index in [1.54, 1.807) is 30.3 Å². The van der Waals surface area contributed by atoms with Gasteiger partial charge in [-0.1, -0.05) is 61.7 Å². The zero-order valence-electron chi connectivity index (χ0n) is 17.6. The Hall–Kier alpha value is -3.99. The molecule has 0 bridgehead atoms. The highest BCUT2D eigenvalue weighted by Gasteiger charge is 2.09. The van der Waals surface area contributed by atoms with E-state index in [9.17, 15) is 9.18 Å². The fourth-order valence-corrected chi connectivity index (χ4v) is 3.17. The Morgan fingerprint density at radius 2 is 1.56 bits per heavy atom. The highest BCUT2D eigenvalue weighted by atomic mass is 19.1. The number of nitrogens with one attached hydrogen (secondary N) is 1. The minimum absolute atomic E-state index is 0.0459. The van der Waals surface area contributed by atoms with Crippen LogP contribution in [0.15, 0.2) is 92.0 Å². The summed E-state index contributed by atoms with van der Waals surface area (Å²) in [5.41, 5.74) is 4.04. The van der Waals surface area contributed by atoms with Gasteiger partial charge in [-0.05, 0) is 59.4 Å². The lowest BCUT2D eigenvalue weighted by molar-refractivity contribution is -0.137. The molecule has 3 aromatic carbocycles. The SMILES string of the molecule is C=CC(=N)Oc1ccc(-c2ccc(-c3ccc(CCCOC(=O)C=C)cc3)cc2F)cc1. The molecule has 0 aliphatic carbocycles. The molecule has 0 aliphatic rings. The predicted octanol–water partition coefficient (Wildman–Crippen LogP) is 6.36. The molecule has 0 amide bonds. The number of ether oxygens (including phenoxy) is 2. The van der Waals surface area contributed by atoms with Gasteiger partial charge in [-0.25, -0.2) is 9.18 Å². The summed E-state index contributed by atoms with van der Waals surface area (Å²) >= 11 is 0. The van der Waals surface area contributed by atoms with Crippen molar-refractivity contribution in [2.24, 2.45) is 0 Å². The number of hydrogen-bond acceptors (Lipinski definition) is 4. The molecule has 3 rings (SSSR count). The van der Waals surface area contributed by atoms with Crippen LogP contribution in [-0.2, 0) is 16.0 Å². The average molecular weight is 429 g/mol. The monoisotopic (exact) mass is 429 g/mol. The molecule has 0 spiro atoms. The third-order valence-corrected chi connectivity index (χ3v) is 4.86. The van der Waals surface area contributed by atoms with Crippen molar-refractivity contribution in [3.63, 3.8) is 0 Å². The summed E-state index contributed by atoms with van der Waals surface area (Å²) in [6.07, 6.45) is 3.96. The van der Waals surface area contributed by atoms with E-state index < -0.39 is 5.97 Å². The van der Waals surface area contributed by atoms with E-state index in [0.29, 0.717) is 17.9 Å². The number of carbonyl (C=O) groups excluding carboxylic acids is 1. The Bertz CT molecular complexity index is 1120. The lowest BCUT2D eigenvalue weighted by Gasteiger charge is -2.09. The van der Waals surface area contributed by atoms with Crippen molar-refractivity contribution >= 4 is 11.9 Å².